The molecule has 0 amide bonds. The summed E-state index contributed by atoms with van der Waals surface area (Å²) in [5, 5.41) is 5.88. The van der Waals surface area contributed by atoms with Crippen LogP contribution < -0.4 is 5.53 Å². The number of hydrazine groups is 1. The maximum atomic E-state index is 3.88. The molecule has 2 rings (SSSR count). The molecule has 1 radical (unpaired) electrons. The highest BCUT2D eigenvalue weighted by molar-refractivity contribution is 5.78. The van der Waals surface area contributed by atoms with Crippen molar-refractivity contribution in [1.29, 1.82) is 0 Å². The van der Waals surface area contributed by atoms with Gasteiger partial charge in [0.15, 0.2) is 0 Å². The van der Waals surface area contributed by atoms with Crippen LogP contribution in [0.2, 0.25) is 0 Å². The van der Waals surface area contributed by atoms with Crippen LogP contribution in [0.1, 0.15) is 12.8 Å². The van der Waals surface area contributed by atoms with Crippen LogP contribution in [0.25, 0.3) is 0 Å². The van der Waals surface area contributed by atoms with Crippen molar-refractivity contribution >= 4 is 6.21 Å². The molecule has 0 spiro atoms. The van der Waals surface area contributed by atoms with Crippen molar-refractivity contribution in [2.75, 3.05) is 6.54 Å². The highest BCUT2D eigenvalue weighted by Gasteiger charge is 2.14. The molecule has 0 atom stereocenters. The maximum Gasteiger partial charge on any atom is 0.0824 e. The Morgan fingerprint density at radius 3 is 3.67 bits per heavy atom. The van der Waals surface area contributed by atoms with Crippen LogP contribution >= 0.6 is 0 Å². The Hall–Kier alpha value is -0.990. The largest absolute Gasteiger partial charge is 0.270 e. The average molecular weight is 122 g/mol. The molecule has 0 aromatic rings. The lowest BCUT2D eigenvalue weighted by molar-refractivity contribution is 0.266. The minimum absolute atomic E-state index is 1.06. The van der Waals surface area contributed by atoms with E-state index in [9.17, 15) is 0 Å². The number of hydrogen-bond acceptors (Lipinski definition) is 3. The van der Waals surface area contributed by atoms with Gasteiger partial charge in [-0.25, -0.2) is 5.53 Å². The first-order valence-corrected chi connectivity index (χ1v) is 3.14. The Bertz CT molecular complexity index is 171. The molecule has 9 heavy (non-hydrogen) atoms. The molecular weight excluding hydrogens is 114 g/mol. The first-order valence-electron chi connectivity index (χ1n) is 3.14. The van der Waals surface area contributed by atoms with Gasteiger partial charge in [-0.1, -0.05) is 0 Å². The number of nitrogens with one attached hydrogen (secondary N) is 1. The number of hydrazone groups is 1. The Labute approximate surface area is 54.0 Å². The molecule has 0 bridgehead atoms. The van der Waals surface area contributed by atoms with Gasteiger partial charge in [0.05, 0.1) is 11.9 Å². The Morgan fingerprint density at radius 2 is 2.78 bits per heavy atom. The molecule has 0 aliphatic carbocycles. The summed E-state index contributed by atoms with van der Waals surface area (Å²) in [5.41, 5.74) is 3.96. The van der Waals surface area contributed by atoms with Crippen LogP contribution in [0.5, 0.6) is 0 Å². The SMILES string of the molecule is [C]1=C2C=NNN2CCC1. The van der Waals surface area contributed by atoms with E-state index in [1.807, 2.05) is 5.01 Å². The van der Waals surface area contributed by atoms with Crippen molar-refractivity contribution in [2.24, 2.45) is 5.10 Å². The van der Waals surface area contributed by atoms with Crippen molar-refractivity contribution in [3.8, 4) is 0 Å². The number of hydrogen-bond donors (Lipinski definition) is 1. The molecule has 47 valence electrons. The van der Waals surface area contributed by atoms with E-state index in [2.05, 4.69) is 16.7 Å². The fourth-order valence-corrected chi connectivity index (χ4v) is 1.05. The minimum atomic E-state index is 1.06. The Balaban J connectivity index is 2.23. The van der Waals surface area contributed by atoms with Crippen molar-refractivity contribution in [1.82, 2.24) is 10.5 Å². The topological polar surface area (TPSA) is 27.6 Å². The molecule has 2 aliphatic rings. The number of nitrogens with zero attached hydrogens (tertiary/aromatic N) is 2. The van der Waals surface area contributed by atoms with Gasteiger partial charge >= 0.3 is 0 Å². The molecule has 0 unspecified atom stereocenters. The lowest BCUT2D eigenvalue weighted by Gasteiger charge is -2.20. The third-order valence-corrected chi connectivity index (χ3v) is 1.52. The summed E-state index contributed by atoms with van der Waals surface area (Å²) in [6, 6.07) is 0. The molecule has 2 aliphatic heterocycles. The second kappa shape index (κ2) is 1.76. The van der Waals surface area contributed by atoms with Gasteiger partial charge in [0.1, 0.15) is 0 Å². The zero-order chi connectivity index (χ0) is 6.10. The van der Waals surface area contributed by atoms with Crippen molar-refractivity contribution in [2.45, 2.75) is 12.8 Å². The molecule has 0 fully saturated rings. The molecule has 3 nitrogen and oxygen atoms in total. The number of rotatable bonds is 0. The van der Waals surface area contributed by atoms with Crippen LogP contribution in [0.15, 0.2) is 10.8 Å². The van der Waals surface area contributed by atoms with Crippen molar-refractivity contribution < 1.29 is 0 Å². The van der Waals surface area contributed by atoms with Crippen LogP contribution in [0, 0.1) is 6.08 Å². The third-order valence-electron chi connectivity index (χ3n) is 1.52. The van der Waals surface area contributed by atoms with E-state index in [1.54, 1.807) is 6.21 Å². The summed E-state index contributed by atoms with van der Waals surface area (Å²) in [7, 11) is 0. The molecule has 1 N–H and O–H groups in total. The standard InChI is InChI=1S/C6H8N3/c1-2-4-9-6(3-1)5-7-8-9/h5,8H,1-2,4H2. The predicted molar refractivity (Wildman–Crippen MR) is 34.3 cm³/mol. The van der Waals surface area contributed by atoms with Crippen LogP contribution in [0.4, 0.5) is 0 Å². The summed E-state index contributed by atoms with van der Waals surface area (Å²) < 4.78 is 0. The Kier molecular flexibility index (Phi) is 0.946. The van der Waals surface area contributed by atoms with Gasteiger partial charge in [0.2, 0.25) is 0 Å². The van der Waals surface area contributed by atoms with Gasteiger partial charge in [-0.3, -0.25) is 5.01 Å². The van der Waals surface area contributed by atoms with Crippen LogP contribution in [0.3, 0.4) is 0 Å². The first-order chi connectivity index (χ1) is 4.47. The van der Waals surface area contributed by atoms with E-state index in [-0.39, 0.29) is 0 Å². The summed E-state index contributed by atoms with van der Waals surface area (Å²) in [5.74, 6) is 0. The molecule has 0 aromatic carbocycles. The monoisotopic (exact) mass is 122 g/mol. The fourth-order valence-electron chi connectivity index (χ4n) is 1.05. The number of allylic oxidation sites excluding steroid dienone is 2. The van der Waals surface area contributed by atoms with E-state index in [0.717, 1.165) is 18.7 Å². The van der Waals surface area contributed by atoms with Gasteiger partial charge in [-0.05, 0) is 18.9 Å². The van der Waals surface area contributed by atoms with E-state index in [0.29, 0.717) is 0 Å². The minimum Gasteiger partial charge on any atom is -0.270 e. The summed E-state index contributed by atoms with van der Waals surface area (Å²) in [6.45, 7) is 1.06. The van der Waals surface area contributed by atoms with Crippen LogP contribution in [-0.4, -0.2) is 17.8 Å². The second-order valence-corrected chi connectivity index (χ2v) is 2.18. The molecule has 0 saturated carbocycles. The normalized spacial score (nSPS) is 23.1. The first kappa shape index (κ1) is 4.85. The van der Waals surface area contributed by atoms with E-state index in [1.165, 1.54) is 6.42 Å². The van der Waals surface area contributed by atoms with Gasteiger partial charge in [-0.15, -0.1) is 0 Å². The van der Waals surface area contributed by atoms with E-state index < -0.39 is 0 Å². The summed E-state index contributed by atoms with van der Waals surface area (Å²) in [4.78, 5) is 0. The highest BCUT2D eigenvalue weighted by Crippen LogP contribution is 2.11. The van der Waals surface area contributed by atoms with Gasteiger partial charge in [-0.2, -0.15) is 5.10 Å². The Morgan fingerprint density at radius 1 is 1.78 bits per heavy atom. The molecule has 0 aromatic heterocycles. The molecule has 3 heteroatoms. The summed E-state index contributed by atoms with van der Waals surface area (Å²) >= 11 is 0. The number of fused-ring (bicyclic) bond motifs is 1. The van der Waals surface area contributed by atoms with Crippen molar-refractivity contribution in [3.63, 3.8) is 0 Å². The van der Waals surface area contributed by atoms with E-state index >= 15 is 0 Å². The lowest BCUT2D eigenvalue weighted by atomic mass is 10.2. The van der Waals surface area contributed by atoms with Gasteiger partial charge in [0.25, 0.3) is 0 Å². The lowest BCUT2D eigenvalue weighted by Crippen LogP contribution is -2.31. The van der Waals surface area contributed by atoms with Crippen LogP contribution in [-0.2, 0) is 0 Å². The smallest absolute Gasteiger partial charge is 0.0824 e. The predicted octanol–water partition coefficient (Wildman–Crippen LogP) is 0.273. The third kappa shape index (κ3) is 0.686. The van der Waals surface area contributed by atoms with Gasteiger partial charge < -0.3 is 0 Å². The zero-order valence-electron chi connectivity index (χ0n) is 5.09. The van der Waals surface area contributed by atoms with E-state index in [4.69, 9.17) is 0 Å². The quantitative estimate of drug-likeness (QED) is 0.499. The zero-order valence-corrected chi connectivity index (χ0v) is 5.09. The molecule has 2 heterocycles. The summed E-state index contributed by atoms with van der Waals surface area (Å²) in [6.07, 6.45) is 7.27. The molecular formula is C6H8N3. The van der Waals surface area contributed by atoms with Gasteiger partial charge in [0, 0.05) is 6.54 Å². The molecule has 0 saturated heterocycles. The highest BCUT2D eigenvalue weighted by atomic mass is 15.7. The van der Waals surface area contributed by atoms with Crippen molar-refractivity contribution in [3.05, 3.63) is 11.8 Å². The maximum absolute atomic E-state index is 3.88. The second-order valence-electron chi connectivity index (χ2n) is 2.18. The average Bonchev–Trinajstić information content (AvgIpc) is 2.33. The fraction of sp³-hybridized carbons (Fsp3) is 0.500.